The van der Waals surface area contributed by atoms with Gasteiger partial charge in [0.25, 0.3) is 0 Å². The highest BCUT2D eigenvalue weighted by molar-refractivity contribution is 5.79. The van der Waals surface area contributed by atoms with Crippen LogP contribution >= 0.6 is 0 Å². The van der Waals surface area contributed by atoms with Gasteiger partial charge in [0.05, 0.1) is 17.8 Å². The van der Waals surface area contributed by atoms with Gasteiger partial charge in [-0.15, -0.1) is 0 Å². The molecule has 1 heterocycles. The van der Waals surface area contributed by atoms with Crippen molar-refractivity contribution in [2.45, 2.75) is 34.1 Å². The van der Waals surface area contributed by atoms with E-state index >= 15 is 0 Å². The maximum atomic E-state index is 13.1. The van der Waals surface area contributed by atoms with Crippen molar-refractivity contribution < 1.29 is 14.0 Å². The van der Waals surface area contributed by atoms with Crippen molar-refractivity contribution in [1.29, 1.82) is 0 Å². The second-order valence-corrected chi connectivity index (χ2v) is 6.51. The Morgan fingerprint density at radius 3 is 2.35 bits per heavy atom. The molecule has 0 unspecified atom stereocenters. The fraction of sp³-hybridized carbons (Fsp3) is 0.421. The third-order valence-corrected chi connectivity index (χ3v) is 4.12. The molecular formula is C19H25FN4O2. The van der Waals surface area contributed by atoms with Crippen LogP contribution in [0.15, 0.2) is 24.3 Å². The molecule has 2 amide bonds. The maximum absolute atomic E-state index is 13.1. The van der Waals surface area contributed by atoms with E-state index in [1.165, 1.54) is 12.1 Å². The number of hydrogen-bond donors (Lipinski definition) is 2. The second kappa shape index (κ2) is 8.60. The van der Waals surface area contributed by atoms with Crippen LogP contribution in [0.5, 0.6) is 0 Å². The number of hydrogen-bond acceptors (Lipinski definition) is 3. The largest absolute Gasteiger partial charge is 0.354 e. The number of rotatable bonds is 7. The summed E-state index contributed by atoms with van der Waals surface area (Å²) in [4.78, 5) is 23.6. The molecule has 1 aromatic heterocycles. The minimum absolute atomic E-state index is 0.0356. The molecule has 0 bridgehead atoms. The van der Waals surface area contributed by atoms with Crippen LogP contribution in [-0.2, 0) is 16.0 Å². The average molecular weight is 360 g/mol. The molecule has 140 valence electrons. The highest BCUT2D eigenvalue weighted by Gasteiger charge is 2.16. The van der Waals surface area contributed by atoms with E-state index in [0.29, 0.717) is 13.1 Å². The van der Waals surface area contributed by atoms with Crippen LogP contribution in [0, 0.1) is 25.6 Å². The quantitative estimate of drug-likeness (QED) is 0.742. The first-order chi connectivity index (χ1) is 12.3. The predicted molar refractivity (Wildman–Crippen MR) is 97.6 cm³/mol. The molecule has 0 aliphatic carbocycles. The fourth-order valence-corrected chi connectivity index (χ4v) is 2.58. The lowest BCUT2D eigenvalue weighted by molar-refractivity contribution is -0.124. The highest BCUT2D eigenvalue weighted by Crippen LogP contribution is 2.18. The van der Waals surface area contributed by atoms with Gasteiger partial charge in [0.2, 0.25) is 11.8 Å². The zero-order valence-corrected chi connectivity index (χ0v) is 15.6. The lowest BCUT2D eigenvalue weighted by Gasteiger charge is -2.09. The molecule has 2 rings (SSSR count). The monoisotopic (exact) mass is 360 g/mol. The summed E-state index contributed by atoms with van der Waals surface area (Å²) in [7, 11) is 0. The van der Waals surface area contributed by atoms with E-state index in [-0.39, 0.29) is 30.0 Å². The molecule has 0 spiro atoms. The Bertz CT molecular complexity index is 782. The van der Waals surface area contributed by atoms with E-state index in [0.717, 1.165) is 22.6 Å². The Hall–Kier alpha value is -2.70. The minimum Gasteiger partial charge on any atom is -0.354 e. The lowest BCUT2D eigenvalue weighted by atomic mass is 10.1. The SMILES string of the molecule is Cc1nn(-c2ccc(F)cc2)c(C)c1CC(=O)NCCNC(=O)C(C)C. The number of halogens is 1. The van der Waals surface area contributed by atoms with Gasteiger partial charge in [-0.3, -0.25) is 9.59 Å². The second-order valence-electron chi connectivity index (χ2n) is 6.51. The number of aryl methyl sites for hydroxylation is 1. The third kappa shape index (κ3) is 4.91. The number of benzene rings is 1. The number of carbonyl (C=O) groups excluding carboxylic acids is 2. The molecule has 0 aliphatic rings. The molecule has 6 nitrogen and oxygen atoms in total. The van der Waals surface area contributed by atoms with Crippen LogP contribution in [0.4, 0.5) is 4.39 Å². The molecule has 0 aliphatic heterocycles. The molecule has 0 radical (unpaired) electrons. The zero-order chi connectivity index (χ0) is 19.3. The summed E-state index contributed by atoms with van der Waals surface area (Å²) < 4.78 is 14.8. The molecule has 2 N–H and O–H groups in total. The molecule has 0 atom stereocenters. The van der Waals surface area contributed by atoms with Crippen LogP contribution in [0.2, 0.25) is 0 Å². The minimum atomic E-state index is -0.306. The molecule has 1 aromatic carbocycles. The summed E-state index contributed by atoms with van der Waals surface area (Å²) in [5, 5.41) is 10.0. The molecule has 2 aromatic rings. The smallest absolute Gasteiger partial charge is 0.224 e. The van der Waals surface area contributed by atoms with E-state index in [1.54, 1.807) is 16.8 Å². The summed E-state index contributed by atoms with van der Waals surface area (Å²) in [6.45, 7) is 8.14. The summed E-state index contributed by atoms with van der Waals surface area (Å²) in [5.41, 5.74) is 3.19. The number of nitrogens with zero attached hydrogens (tertiary/aromatic N) is 2. The fourth-order valence-electron chi connectivity index (χ4n) is 2.58. The van der Waals surface area contributed by atoms with E-state index in [1.807, 2.05) is 27.7 Å². The van der Waals surface area contributed by atoms with E-state index in [4.69, 9.17) is 0 Å². The zero-order valence-electron chi connectivity index (χ0n) is 15.6. The van der Waals surface area contributed by atoms with Crippen molar-refractivity contribution in [3.8, 4) is 5.69 Å². The number of nitrogens with one attached hydrogen (secondary N) is 2. The molecule has 26 heavy (non-hydrogen) atoms. The molecule has 7 heteroatoms. The van der Waals surface area contributed by atoms with Gasteiger partial charge >= 0.3 is 0 Å². The van der Waals surface area contributed by atoms with Gasteiger partial charge < -0.3 is 10.6 Å². The van der Waals surface area contributed by atoms with Gasteiger partial charge in [-0.05, 0) is 38.1 Å². The normalized spacial score (nSPS) is 10.8. The van der Waals surface area contributed by atoms with Crippen molar-refractivity contribution in [1.82, 2.24) is 20.4 Å². The van der Waals surface area contributed by atoms with Gasteiger partial charge in [-0.2, -0.15) is 5.10 Å². The number of aromatic nitrogens is 2. The molecule has 0 saturated carbocycles. The van der Waals surface area contributed by atoms with Gasteiger partial charge in [0.15, 0.2) is 0 Å². The number of amides is 2. The van der Waals surface area contributed by atoms with Crippen molar-refractivity contribution in [3.05, 3.63) is 47.0 Å². The molecule has 0 saturated heterocycles. The van der Waals surface area contributed by atoms with Crippen LogP contribution in [0.1, 0.15) is 30.8 Å². The Morgan fingerprint density at radius 1 is 1.12 bits per heavy atom. The van der Waals surface area contributed by atoms with E-state index in [9.17, 15) is 14.0 Å². The summed E-state index contributed by atoms with van der Waals surface area (Å²) in [6, 6.07) is 6.05. The molecular weight excluding hydrogens is 335 g/mol. The van der Waals surface area contributed by atoms with Gasteiger partial charge in [0.1, 0.15) is 5.82 Å². The first-order valence-corrected chi connectivity index (χ1v) is 8.65. The Morgan fingerprint density at radius 2 is 1.73 bits per heavy atom. The van der Waals surface area contributed by atoms with E-state index in [2.05, 4.69) is 15.7 Å². The average Bonchev–Trinajstić information content (AvgIpc) is 2.87. The molecule has 0 fully saturated rings. The summed E-state index contributed by atoms with van der Waals surface area (Å²) in [5.74, 6) is -0.548. The van der Waals surface area contributed by atoms with E-state index < -0.39 is 0 Å². The Labute approximate surface area is 152 Å². The van der Waals surface area contributed by atoms with Gasteiger partial charge in [-0.25, -0.2) is 9.07 Å². The first kappa shape index (κ1) is 19.6. The number of carbonyl (C=O) groups is 2. The van der Waals surface area contributed by atoms with Crippen LogP contribution < -0.4 is 10.6 Å². The topological polar surface area (TPSA) is 76.0 Å². The van der Waals surface area contributed by atoms with Gasteiger partial charge in [0, 0.05) is 30.3 Å². The summed E-state index contributed by atoms with van der Waals surface area (Å²) in [6.07, 6.45) is 0.205. The van der Waals surface area contributed by atoms with Crippen LogP contribution in [0.25, 0.3) is 5.69 Å². The standard InChI is InChI=1S/C19H25FN4O2/c1-12(2)19(26)22-10-9-21-18(25)11-17-13(3)23-24(14(17)4)16-7-5-15(20)6-8-16/h5-8,12H,9-11H2,1-4H3,(H,21,25)(H,22,26). The van der Waals surface area contributed by atoms with Crippen LogP contribution in [-0.4, -0.2) is 34.7 Å². The highest BCUT2D eigenvalue weighted by atomic mass is 19.1. The third-order valence-electron chi connectivity index (χ3n) is 4.12. The Kier molecular flexibility index (Phi) is 6.49. The van der Waals surface area contributed by atoms with Crippen molar-refractivity contribution in [2.24, 2.45) is 5.92 Å². The van der Waals surface area contributed by atoms with Crippen molar-refractivity contribution >= 4 is 11.8 Å². The van der Waals surface area contributed by atoms with Crippen molar-refractivity contribution in [3.63, 3.8) is 0 Å². The van der Waals surface area contributed by atoms with Gasteiger partial charge in [-0.1, -0.05) is 13.8 Å². The summed E-state index contributed by atoms with van der Waals surface area (Å²) >= 11 is 0. The van der Waals surface area contributed by atoms with Crippen LogP contribution in [0.3, 0.4) is 0 Å². The van der Waals surface area contributed by atoms with Crippen molar-refractivity contribution in [2.75, 3.05) is 13.1 Å². The Balaban J connectivity index is 1.96. The maximum Gasteiger partial charge on any atom is 0.224 e. The predicted octanol–water partition coefficient (Wildman–Crippen LogP) is 2.06. The lowest BCUT2D eigenvalue weighted by Crippen LogP contribution is -2.37. The first-order valence-electron chi connectivity index (χ1n) is 8.65.